The first kappa shape index (κ1) is 50.5. The van der Waals surface area contributed by atoms with Gasteiger partial charge in [0.15, 0.2) is 0 Å². The van der Waals surface area contributed by atoms with Gasteiger partial charge in [0.25, 0.3) is 0 Å². The van der Waals surface area contributed by atoms with Gasteiger partial charge in [-0.05, 0) is 134 Å². The minimum absolute atomic E-state index is 0.0274. The molecule has 0 atom stereocenters. The zero-order chi connectivity index (χ0) is 54.5. The summed E-state index contributed by atoms with van der Waals surface area (Å²) in [5.74, 6) is 0. The molecule has 382 valence electrons. The fourth-order valence-electron chi connectivity index (χ4n) is 12.0. The number of rotatable bonds is 9. The van der Waals surface area contributed by atoms with E-state index in [0.29, 0.717) is 11.1 Å². The number of hydrogen-bond acceptors (Lipinski definition) is 2. The van der Waals surface area contributed by atoms with Crippen LogP contribution in [0.1, 0.15) is 61.1 Å². The molecule has 0 N–H and O–H groups in total. The fraction of sp³-hybridized carbons (Fsp3) is 0.123. The van der Waals surface area contributed by atoms with E-state index in [2.05, 4.69) is 272 Å². The number of nitrogens with zero attached hydrogens (tertiary/aromatic N) is 4. The third-order valence-corrected chi connectivity index (χ3v) is 20.3. The van der Waals surface area contributed by atoms with E-state index in [4.69, 9.17) is 0 Å². The van der Waals surface area contributed by atoms with E-state index in [-0.39, 0.29) is 28.0 Å². The maximum absolute atomic E-state index is 10.1. The topological polar surface area (TPSA) is 57.4 Å². The second-order valence-electron chi connectivity index (χ2n) is 22.1. The Morgan fingerprint density at radius 1 is 0.367 bits per heavy atom. The first-order chi connectivity index (χ1) is 38.2. The van der Waals surface area contributed by atoms with Crippen LogP contribution < -0.4 is 21.2 Å². The molecular formula is C73H55I2N4-. The SMILES string of the molecule is C[I-]C(C)(C)c1ccc(-c2ccc(-c3c4ccc(-n5c6ccc(C)cc6c6cc(C#N)ccc65)cc4c(-c4ccc(-c5ccc(C(C)(C)I)cc5)cc4)c4ccc(-n5c6ccc(C)cc6c6cc(C#N)ccc65)cc34)cc2)cc1. The van der Waals surface area contributed by atoms with Crippen molar-refractivity contribution in [2.24, 2.45) is 0 Å². The Hall–Kier alpha value is -8.02. The van der Waals surface area contributed by atoms with Crippen molar-refractivity contribution in [1.82, 2.24) is 9.13 Å². The summed E-state index contributed by atoms with van der Waals surface area (Å²) in [6, 6.07) is 80.8. The van der Waals surface area contributed by atoms with Gasteiger partial charge >= 0.3 is 153 Å². The summed E-state index contributed by atoms with van der Waals surface area (Å²) < 4.78 is 4.99. The number of aromatic nitrogens is 2. The van der Waals surface area contributed by atoms with Crippen LogP contribution in [0.15, 0.2) is 206 Å². The number of fused-ring (bicyclic) bond motifs is 8. The summed E-state index contributed by atoms with van der Waals surface area (Å²) in [5.41, 5.74) is 22.0. The summed E-state index contributed by atoms with van der Waals surface area (Å²) in [7, 11) is 0. The number of alkyl halides is 3. The van der Waals surface area contributed by atoms with Gasteiger partial charge in [-0.15, -0.1) is 0 Å². The molecule has 4 nitrogen and oxygen atoms in total. The second kappa shape index (κ2) is 19.4. The molecule has 0 saturated carbocycles. The van der Waals surface area contributed by atoms with Gasteiger partial charge in [-0.3, -0.25) is 0 Å². The summed E-state index contributed by atoms with van der Waals surface area (Å²) in [6.45, 7) is 13.5. The molecule has 0 radical (unpaired) electrons. The van der Waals surface area contributed by atoms with Gasteiger partial charge in [-0.25, -0.2) is 0 Å². The van der Waals surface area contributed by atoms with Crippen LogP contribution in [0, 0.1) is 36.5 Å². The van der Waals surface area contributed by atoms with E-state index < -0.39 is 0 Å². The van der Waals surface area contributed by atoms with E-state index in [1.165, 1.54) is 44.5 Å². The van der Waals surface area contributed by atoms with Gasteiger partial charge in [-0.1, -0.05) is 100 Å². The van der Waals surface area contributed by atoms with E-state index in [1.807, 2.05) is 24.3 Å². The zero-order valence-corrected chi connectivity index (χ0v) is 49.5. The third kappa shape index (κ3) is 8.68. The Morgan fingerprint density at radius 3 is 1.08 bits per heavy atom. The summed E-state index contributed by atoms with van der Waals surface area (Å²) >= 11 is 2.54. The fourth-order valence-corrected chi connectivity index (χ4v) is 13.3. The van der Waals surface area contributed by atoms with Gasteiger partial charge < -0.3 is 9.13 Å². The van der Waals surface area contributed by atoms with Crippen molar-refractivity contribution in [3.8, 4) is 68.0 Å². The molecule has 0 unspecified atom stereocenters. The summed E-state index contributed by atoms with van der Waals surface area (Å²) in [5, 5.41) is 29.1. The number of halogens is 2. The molecular weight excluding hydrogens is 1190 g/mol. The van der Waals surface area contributed by atoms with Crippen LogP contribution in [-0.4, -0.2) is 14.1 Å². The third-order valence-electron chi connectivity index (χ3n) is 16.3. The average molecular weight is 1240 g/mol. The van der Waals surface area contributed by atoms with E-state index in [9.17, 15) is 10.5 Å². The Bertz CT molecular complexity index is 4710. The number of hydrogen-bond donors (Lipinski definition) is 0. The van der Waals surface area contributed by atoms with E-state index in [1.54, 1.807) is 0 Å². The monoisotopic (exact) mass is 1240 g/mol. The quantitative estimate of drug-likeness (QED) is 0.0821. The van der Waals surface area contributed by atoms with Crippen molar-refractivity contribution < 1.29 is 21.2 Å². The van der Waals surface area contributed by atoms with Crippen LogP contribution in [0.5, 0.6) is 0 Å². The summed E-state index contributed by atoms with van der Waals surface area (Å²) in [6.07, 6.45) is 0. The number of benzene rings is 11. The van der Waals surface area contributed by atoms with Gasteiger partial charge in [0, 0.05) is 36.3 Å². The number of nitriles is 2. The molecule has 6 heteroatoms. The van der Waals surface area contributed by atoms with E-state index >= 15 is 0 Å². The van der Waals surface area contributed by atoms with Crippen molar-refractivity contribution >= 4 is 87.7 Å². The van der Waals surface area contributed by atoms with Crippen molar-refractivity contribution in [2.45, 2.75) is 48.4 Å². The van der Waals surface area contributed by atoms with Crippen LogP contribution in [-0.2, 0) is 6.84 Å². The van der Waals surface area contributed by atoms with Crippen LogP contribution >= 0.6 is 22.6 Å². The molecule has 0 bridgehead atoms. The van der Waals surface area contributed by atoms with Crippen molar-refractivity contribution in [1.29, 1.82) is 10.5 Å². The Morgan fingerprint density at radius 2 is 0.709 bits per heavy atom. The minimum atomic E-state index is 0.0274. The molecule has 0 aliphatic carbocycles. The molecule has 13 aromatic rings. The predicted molar refractivity (Wildman–Crippen MR) is 337 cm³/mol. The molecule has 0 aliphatic rings. The molecule has 79 heavy (non-hydrogen) atoms. The van der Waals surface area contributed by atoms with Crippen molar-refractivity contribution in [2.75, 3.05) is 4.93 Å². The van der Waals surface area contributed by atoms with Gasteiger partial charge in [0.05, 0.1) is 45.3 Å². The molecule has 0 spiro atoms. The molecule has 2 heterocycles. The Labute approximate surface area is 485 Å². The first-order valence-electron chi connectivity index (χ1n) is 26.8. The molecule has 2 aromatic heterocycles. The normalized spacial score (nSPS) is 12.1. The Kier molecular flexibility index (Phi) is 12.4. The van der Waals surface area contributed by atoms with Crippen molar-refractivity contribution in [3.05, 3.63) is 240 Å². The van der Waals surface area contributed by atoms with Crippen LogP contribution in [0.3, 0.4) is 0 Å². The Balaban J connectivity index is 1.10. The van der Waals surface area contributed by atoms with Gasteiger partial charge in [0.1, 0.15) is 0 Å². The molecule has 13 rings (SSSR count). The molecule has 0 aliphatic heterocycles. The van der Waals surface area contributed by atoms with Crippen LogP contribution in [0.4, 0.5) is 0 Å². The van der Waals surface area contributed by atoms with Crippen LogP contribution in [0.25, 0.3) is 121 Å². The molecule has 0 amide bonds. The molecule has 0 fully saturated rings. The average Bonchev–Trinajstić information content (AvgIpc) is 4.14. The predicted octanol–water partition coefficient (Wildman–Crippen LogP) is 16.8. The standard InChI is InChI=1S/C73H55I2N4/c1-44-8-32-66-60(36-44)62-38-46(42-76)10-34-68(62)78(66)56-29-31-59-64(40-56)70(52-16-12-48(13-17-52)50-20-24-54(25-21-50)72(3,4)74)58-30-28-57(79-67-33-9-45(2)37-61(67)63-39-47(43-77)11-35-69(63)79)41-65(58)71(59)53-18-14-49(15-19-53)51-22-26-55(27-23-51)73(5,6)75-7/h8-41H,1-7H3/q-1. The molecule has 11 aromatic carbocycles. The van der Waals surface area contributed by atoms with Crippen LogP contribution in [0.2, 0.25) is 0 Å². The first-order valence-corrected chi connectivity index (χ1v) is 31.1. The van der Waals surface area contributed by atoms with E-state index in [0.717, 1.165) is 98.8 Å². The molecule has 0 saturated heterocycles. The van der Waals surface area contributed by atoms with Gasteiger partial charge in [0.2, 0.25) is 0 Å². The van der Waals surface area contributed by atoms with Crippen molar-refractivity contribution in [3.63, 3.8) is 0 Å². The zero-order valence-electron chi connectivity index (χ0n) is 45.2. The van der Waals surface area contributed by atoms with Gasteiger partial charge in [-0.2, -0.15) is 10.5 Å². The maximum atomic E-state index is 10.1. The number of aryl methyl sites for hydroxylation is 2. The summed E-state index contributed by atoms with van der Waals surface area (Å²) in [4.78, 5) is 2.37. The second-order valence-corrected chi connectivity index (χ2v) is 28.5.